The second-order valence-electron chi connectivity index (χ2n) is 13.3. The number of furan rings is 1. The van der Waals surface area contributed by atoms with Crippen LogP contribution >= 0.6 is 0 Å². The lowest BCUT2D eigenvalue weighted by Gasteiger charge is -2.46. The first-order chi connectivity index (χ1) is 20.4. The second-order valence-corrected chi connectivity index (χ2v) is 13.3. The Morgan fingerprint density at radius 3 is 2.60 bits per heavy atom. The van der Waals surface area contributed by atoms with Crippen LogP contribution in [0.4, 0.5) is 13.2 Å². The van der Waals surface area contributed by atoms with Crippen LogP contribution in [0, 0.1) is 35.5 Å². The molecule has 8 heteroatoms. The molecule has 0 saturated carbocycles. The van der Waals surface area contributed by atoms with Gasteiger partial charge in [0.25, 0.3) is 0 Å². The Morgan fingerprint density at radius 1 is 1.14 bits per heavy atom. The first-order valence-corrected chi connectivity index (χ1v) is 15.9. The van der Waals surface area contributed by atoms with Crippen molar-refractivity contribution in [2.45, 2.75) is 78.3 Å². The van der Waals surface area contributed by atoms with E-state index in [0.29, 0.717) is 30.9 Å². The van der Waals surface area contributed by atoms with Crippen LogP contribution < -0.4 is 5.32 Å². The molecule has 1 N–H and O–H groups in total. The summed E-state index contributed by atoms with van der Waals surface area (Å²) >= 11 is 0. The fourth-order valence-electron chi connectivity index (χ4n) is 8.06. The smallest absolute Gasteiger partial charge is 0.405 e. The maximum Gasteiger partial charge on any atom is 0.405 e. The number of alkyl halides is 3. The maximum atomic E-state index is 14.0. The first kappa shape index (κ1) is 31.6. The summed E-state index contributed by atoms with van der Waals surface area (Å²) in [6.45, 7) is 7.58. The molecule has 0 radical (unpaired) electrons. The fourth-order valence-corrected chi connectivity index (χ4v) is 8.06. The van der Waals surface area contributed by atoms with E-state index in [0.717, 1.165) is 68.4 Å². The molecule has 5 nitrogen and oxygen atoms in total. The van der Waals surface area contributed by atoms with Crippen molar-refractivity contribution in [2.24, 2.45) is 28.6 Å². The molecule has 1 aromatic rings. The van der Waals surface area contributed by atoms with Crippen molar-refractivity contribution in [3.05, 3.63) is 71.3 Å². The Balaban J connectivity index is 1.21. The summed E-state index contributed by atoms with van der Waals surface area (Å²) in [6.07, 6.45) is 15.8. The number of ketones is 1. The summed E-state index contributed by atoms with van der Waals surface area (Å²) < 4.78 is 45.2. The lowest BCUT2D eigenvalue weighted by molar-refractivity contribution is -0.147. The molecule has 3 aliphatic carbocycles. The van der Waals surface area contributed by atoms with Gasteiger partial charge in [-0.3, -0.25) is 9.59 Å². The average Bonchev–Trinajstić information content (AvgIpc) is 3.49. The Hall–Kier alpha value is -2.87. The van der Waals surface area contributed by atoms with Gasteiger partial charge in [-0.2, -0.15) is 13.2 Å². The fraction of sp³-hybridized carbons (Fsp3) is 0.600. The lowest BCUT2D eigenvalue weighted by atomic mass is 9.56. The highest BCUT2D eigenvalue weighted by molar-refractivity contribution is 5.94. The normalized spacial score (nSPS) is 29.2. The number of piperidine rings is 1. The zero-order valence-electron chi connectivity index (χ0n) is 25.6. The van der Waals surface area contributed by atoms with Crippen molar-refractivity contribution >= 4 is 11.7 Å². The van der Waals surface area contributed by atoms with Gasteiger partial charge in [0.05, 0.1) is 11.7 Å². The Morgan fingerprint density at radius 2 is 1.91 bits per heavy atom. The van der Waals surface area contributed by atoms with Gasteiger partial charge in [0, 0.05) is 17.8 Å². The highest BCUT2D eigenvalue weighted by Crippen LogP contribution is 2.66. The minimum absolute atomic E-state index is 0.0319. The van der Waals surface area contributed by atoms with Crippen LogP contribution in [0.3, 0.4) is 0 Å². The number of allylic oxidation sites excluding steroid dienone is 7. The zero-order chi connectivity index (χ0) is 30.8. The molecule has 4 unspecified atom stereocenters. The number of rotatable bonds is 11. The van der Waals surface area contributed by atoms with E-state index >= 15 is 0 Å². The average molecular weight is 599 g/mol. The van der Waals surface area contributed by atoms with Crippen molar-refractivity contribution in [1.29, 1.82) is 0 Å². The van der Waals surface area contributed by atoms with Crippen LogP contribution in [0.1, 0.15) is 81.3 Å². The highest BCUT2D eigenvalue weighted by Gasteiger charge is 2.63. The third-order valence-corrected chi connectivity index (χ3v) is 10.5. The molecule has 0 aromatic carbocycles. The molecular formula is C35H45F3N2O3. The molecule has 1 saturated heterocycles. The molecule has 0 bridgehead atoms. The van der Waals surface area contributed by atoms with E-state index < -0.39 is 29.5 Å². The third kappa shape index (κ3) is 6.36. The summed E-state index contributed by atoms with van der Waals surface area (Å²) in [6, 6.07) is 1.82. The Bertz CT molecular complexity index is 1310. The van der Waals surface area contributed by atoms with Gasteiger partial charge >= 0.3 is 6.18 Å². The van der Waals surface area contributed by atoms with E-state index in [4.69, 9.17) is 4.42 Å². The molecule has 1 aromatic heterocycles. The number of likely N-dealkylation sites (tertiary alicyclic amines) is 1. The van der Waals surface area contributed by atoms with Crippen LogP contribution in [0.15, 0.2) is 64.3 Å². The molecule has 4 aliphatic rings. The van der Waals surface area contributed by atoms with Gasteiger partial charge in [-0.1, -0.05) is 56.7 Å². The van der Waals surface area contributed by atoms with Crippen molar-refractivity contribution in [3.8, 4) is 0 Å². The monoisotopic (exact) mass is 598 g/mol. The number of aryl methyl sites for hydroxylation is 1. The number of nitrogens with one attached hydrogen (secondary N) is 1. The second kappa shape index (κ2) is 12.6. The number of amides is 1. The standard InChI is InChI=1S/C35H45F3N2O3/c1-24-9-11-27-28-8-4-5-16-33(28,3)34(29(27)22-24,32(42)39-23-35(36,37)38)17-6-7-18-40-19-13-26(14-20-40)10-12-30(41)31-25(2)15-21-43-31/h4-5,8-9,11,15-16,21,24,26,28H,6-7,10,12-14,17-20,22-23H2,1-3H3,(H,39,42). The largest absolute Gasteiger partial charge is 0.461 e. The summed E-state index contributed by atoms with van der Waals surface area (Å²) in [5.41, 5.74) is 1.36. The van der Waals surface area contributed by atoms with Gasteiger partial charge in [-0.05, 0) is 99.7 Å². The minimum Gasteiger partial charge on any atom is -0.461 e. The third-order valence-electron chi connectivity index (χ3n) is 10.5. The number of hydrogen-bond donors (Lipinski definition) is 1. The molecule has 1 amide bonds. The molecule has 5 rings (SSSR count). The van der Waals surface area contributed by atoms with E-state index in [-0.39, 0.29) is 17.6 Å². The summed E-state index contributed by atoms with van der Waals surface area (Å²) in [4.78, 5) is 28.9. The number of carbonyl (C=O) groups is 2. The van der Waals surface area contributed by atoms with E-state index in [9.17, 15) is 22.8 Å². The summed E-state index contributed by atoms with van der Waals surface area (Å²) in [5, 5.41) is 2.32. The topological polar surface area (TPSA) is 62.6 Å². The molecule has 2 heterocycles. The van der Waals surface area contributed by atoms with Crippen LogP contribution in [-0.2, 0) is 4.79 Å². The Kier molecular flexibility index (Phi) is 9.26. The van der Waals surface area contributed by atoms with Crippen LogP contribution in [0.25, 0.3) is 0 Å². The predicted octanol–water partition coefficient (Wildman–Crippen LogP) is 7.75. The van der Waals surface area contributed by atoms with E-state index in [1.807, 2.05) is 25.1 Å². The number of fused-ring (bicyclic) bond motifs is 2. The van der Waals surface area contributed by atoms with Gasteiger partial charge in [0.1, 0.15) is 6.54 Å². The molecule has 234 valence electrons. The quantitative estimate of drug-likeness (QED) is 0.209. The number of unbranched alkanes of at least 4 members (excludes halogenated alkanes) is 1. The molecule has 0 spiro atoms. The lowest BCUT2D eigenvalue weighted by Crippen LogP contribution is -2.53. The SMILES string of the molecule is Cc1ccoc1C(=O)CCC1CCN(CCCCC2(C(=O)NCC(F)(F)F)C3=C(C=CC(C)C3)C3C=CC=CC32C)CC1. The molecular weight excluding hydrogens is 553 g/mol. The number of Topliss-reactive ketones (excluding diaryl/α,β-unsaturated/α-hetero) is 1. The zero-order valence-corrected chi connectivity index (χ0v) is 25.6. The van der Waals surface area contributed by atoms with E-state index in [1.165, 1.54) is 0 Å². The van der Waals surface area contributed by atoms with Crippen molar-refractivity contribution < 1.29 is 27.2 Å². The number of halogens is 3. The molecule has 4 atom stereocenters. The van der Waals surface area contributed by atoms with Gasteiger partial charge in [0.2, 0.25) is 5.91 Å². The first-order valence-electron chi connectivity index (χ1n) is 15.9. The van der Waals surface area contributed by atoms with E-state index in [1.54, 1.807) is 6.26 Å². The van der Waals surface area contributed by atoms with Crippen molar-refractivity contribution in [1.82, 2.24) is 10.2 Å². The van der Waals surface area contributed by atoms with Gasteiger partial charge in [-0.15, -0.1) is 0 Å². The van der Waals surface area contributed by atoms with Crippen molar-refractivity contribution in [2.75, 3.05) is 26.2 Å². The van der Waals surface area contributed by atoms with Crippen molar-refractivity contribution in [3.63, 3.8) is 0 Å². The number of hydrogen-bond acceptors (Lipinski definition) is 4. The number of nitrogens with zero attached hydrogens (tertiary/aromatic N) is 1. The van der Waals surface area contributed by atoms with Crippen LogP contribution in [0.2, 0.25) is 0 Å². The van der Waals surface area contributed by atoms with Crippen LogP contribution in [0.5, 0.6) is 0 Å². The minimum atomic E-state index is -4.47. The van der Waals surface area contributed by atoms with Gasteiger partial charge < -0.3 is 14.6 Å². The molecule has 1 aliphatic heterocycles. The summed E-state index contributed by atoms with van der Waals surface area (Å²) in [7, 11) is 0. The predicted molar refractivity (Wildman–Crippen MR) is 161 cm³/mol. The molecule has 43 heavy (non-hydrogen) atoms. The van der Waals surface area contributed by atoms with E-state index in [2.05, 4.69) is 48.4 Å². The number of carbonyl (C=O) groups excluding carboxylic acids is 2. The highest BCUT2D eigenvalue weighted by atomic mass is 19.4. The summed E-state index contributed by atoms with van der Waals surface area (Å²) in [5.74, 6) is 0.770. The van der Waals surface area contributed by atoms with Crippen LogP contribution in [-0.4, -0.2) is 48.9 Å². The molecule has 1 fully saturated rings. The van der Waals surface area contributed by atoms with Gasteiger partial charge in [0.15, 0.2) is 11.5 Å². The van der Waals surface area contributed by atoms with Gasteiger partial charge in [-0.25, -0.2) is 0 Å². The Labute approximate surface area is 253 Å². The maximum absolute atomic E-state index is 14.0.